The number of carbonyl (C=O) groups excluding carboxylic acids is 1. The Bertz CT molecular complexity index is 780. The van der Waals surface area contributed by atoms with Crippen LogP contribution in [-0.4, -0.2) is 38.3 Å². The zero-order valence-electron chi connectivity index (χ0n) is 15.7. The van der Waals surface area contributed by atoms with Crippen molar-refractivity contribution in [3.05, 3.63) is 47.9 Å². The number of hydrogen-bond acceptors (Lipinski definition) is 5. The van der Waals surface area contributed by atoms with E-state index in [9.17, 15) is 4.79 Å². The van der Waals surface area contributed by atoms with Crippen LogP contribution in [0.2, 0.25) is 0 Å². The Hall–Kier alpha value is -2.43. The molecule has 28 heavy (non-hydrogen) atoms. The molecule has 0 unspecified atom stereocenters. The number of nitrogens with zero attached hydrogens (tertiary/aromatic N) is 1. The van der Waals surface area contributed by atoms with E-state index in [-0.39, 0.29) is 43.2 Å². The molecule has 0 aliphatic carbocycles. The van der Waals surface area contributed by atoms with Gasteiger partial charge in [-0.05, 0) is 43.2 Å². The molecule has 0 saturated carbocycles. The van der Waals surface area contributed by atoms with Crippen molar-refractivity contribution in [2.75, 3.05) is 26.4 Å². The number of carbonyl (C=O) groups is 1. The van der Waals surface area contributed by atoms with Crippen molar-refractivity contribution in [1.82, 2.24) is 16.0 Å². The van der Waals surface area contributed by atoms with Gasteiger partial charge in [-0.2, -0.15) is 0 Å². The zero-order chi connectivity index (χ0) is 18.9. The molecule has 1 aliphatic rings. The fourth-order valence-corrected chi connectivity index (χ4v) is 2.57. The molecule has 0 fully saturated rings. The predicted octanol–water partition coefficient (Wildman–Crippen LogP) is 2.04. The minimum absolute atomic E-state index is 0. The van der Waals surface area contributed by atoms with Crippen LogP contribution in [0.4, 0.5) is 0 Å². The zero-order valence-corrected chi connectivity index (χ0v) is 18.0. The van der Waals surface area contributed by atoms with Gasteiger partial charge in [0.05, 0.1) is 12.8 Å². The maximum Gasteiger partial charge on any atom is 0.242 e. The number of fused-ring (bicyclic) bond motifs is 1. The first-order valence-electron chi connectivity index (χ1n) is 8.94. The molecule has 0 saturated heterocycles. The lowest BCUT2D eigenvalue weighted by molar-refractivity contribution is -0.119. The van der Waals surface area contributed by atoms with Crippen molar-refractivity contribution in [2.24, 2.45) is 4.99 Å². The van der Waals surface area contributed by atoms with Gasteiger partial charge >= 0.3 is 0 Å². The second-order valence-electron chi connectivity index (χ2n) is 5.92. The molecular weight excluding hydrogens is 475 g/mol. The largest absolute Gasteiger partial charge is 0.467 e. The van der Waals surface area contributed by atoms with Crippen molar-refractivity contribution in [1.29, 1.82) is 0 Å². The molecule has 1 aliphatic heterocycles. The van der Waals surface area contributed by atoms with Crippen LogP contribution in [0.5, 0.6) is 11.5 Å². The van der Waals surface area contributed by atoms with E-state index in [4.69, 9.17) is 13.9 Å². The maximum absolute atomic E-state index is 11.9. The Morgan fingerprint density at radius 2 is 2.00 bits per heavy atom. The summed E-state index contributed by atoms with van der Waals surface area (Å²) in [4.78, 5) is 16.2. The van der Waals surface area contributed by atoms with E-state index in [2.05, 4.69) is 20.9 Å². The van der Waals surface area contributed by atoms with Gasteiger partial charge in [0.2, 0.25) is 12.7 Å². The summed E-state index contributed by atoms with van der Waals surface area (Å²) in [5.74, 6) is 2.70. The number of ether oxygens (including phenoxy) is 2. The summed E-state index contributed by atoms with van der Waals surface area (Å²) in [7, 11) is 0. The minimum atomic E-state index is -0.167. The molecule has 9 heteroatoms. The number of hydrogen-bond donors (Lipinski definition) is 3. The van der Waals surface area contributed by atoms with Crippen molar-refractivity contribution < 1.29 is 18.7 Å². The molecule has 1 aromatic carbocycles. The summed E-state index contributed by atoms with van der Waals surface area (Å²) in [5, 5.41) is 9.13. The van der Waals surface area contributed by atoms with Crippen LogP contribution >= 0.6 is 24.0 Å². The Kier molecular flexibility index (Phi) is 8.92. The third-order valence-corrected chi connectivity index (χ3v) is 3.91. The summed E-state index contributed by atoms with van der Waals surface area (Å²) in [6.07, 6.45) is 2.37. The van der Waals surface area contributed by atoms with Gasteiger partial charge in [-0.25, -0.2) is 4.99 Å². The Morgan fingerprint density at radius 3 is 2.79 bits per heavy atom. The number of aliphatic imine (C=N–C) groups is 1. The number of halogens is 1. The summed E-state index contributed by atoms with van der Waals surface area (Å²) < 4.78 is 15.9. The van der Waals surface area contributed by atoms with Crippen LogP contribution in [-0.2, 0) is 17.8 Å². The van der Waals surface area contributed by atoms with Crippen LogP contribution in [0.1, 0.15) is 18.2 Å². The number of furan rings is 1. The fourth-order valence-electron chi connectivity index (χ4n) is 2.57. The topological polar surface area (TPSA) is 97.1 Å². The maximum atomic E-state index is 11.9. The molecule has 2 aromatic rings. The van der Waals surface area contributed by atoms with Gasteiger partial charge < -0.3 is 29.8 Å². The summed E-state index contributed by atoms with van der Waals surface area (Å²) >= 11 is 0. The molecular formula is C19H25IN4O4. The van der Waals surface area contributed by atoms with Gasteiger partial charge in [0.25, 0.3) is 0 Å². The summed E-state index contributed by atoms with van der Waals surface area (Å²) in [6.45, 7) is 4.04. The second kappa shape index (κ2) is 11.4. The average Bonchev–Trinajstić information content (AvgIpc) is 3.35. The minimum Gasteiger partial charge on any atom is -0.467 e. The summed E-state index contributed by atoms with van der Waals surface area (Å²) in [5.41, 5.74) is 1.14. The highest BCUT2D eigenvalue weighted by molar-refractivity contribution is 14.0. The highest BCUT2D eigenvalue weighted by atomic mass is 127. The SMILES string of the molecule is CCNC(=NCC(=O)NCc1ccco1)NCCc1ccc2c(c1)OCO2.I. The Morgan fingerprint density at radius 1 is 1.14 bits per heavy atom. The molecule has 0 bridgehead atoms. The molecule has 0 radical (unpaired) electrons. The van der Waals surface area contributed by atoms with Crippen LogP contribution in [0.15, 0.2) is 46.0 Å². The standard InChI is InChI=1S/C19H24N4O4.HI/c1-2-20-19(23-12-18(24)22-11-15-4-3-9-25-15)21-8-7-14-5-6-16-17(10-14)27-13-26-16;/h3-6,9-10H,2,7-8,11-13H2,1H3,(H,22,24)(H2,20,21,23);1H. The molecule has 3 rings (SSSR count). The first-order chi connectivity index (χ1) is 13.2. The highest BCUT2D eigenvalue weighted by Gasteiger charge is 2.13. The van der Waals surface area contributed by atoms with Crippen molar-refractivity contribution in [2.45, 2.75) is 19.9 Å². The van der Waals surface area contributed by atoms with E-state index in [0.29, 0.717) is 31.4 Å². The monoisotopic (exact) mass is 500 g/mol. The molecule has 152 valence electrons. The number of nitrogens with one attached hydrogen (secondary N) is 3. The lowest BCUT2D eigenvalue weighted by Crippen LogP contribution is -2.39. The number of guanidine groups is 1. The average molecular weight is 500 g/mol. The number of rotatable bonds is 8. The van der Waals surface area contributed by atoms with Gasteiger partial charge in [-0.15, -0.1) is 24.0 Å². The highest BCUT2D eigenvalue weighted by Crippen LogP contribution is 2.32. The quantitative estimate of drug-likeness (QED) is 0.292. The van der Waals surface area contributed by atoms with Crippen LogP contribution < -0.4 is 25.4 Å². The lowest BCUT2D eigenvalue weighted by Gasteiger charge is -2.11. The molecule has 0 spiro atoms. The molecule has 2 heterocycles. The van der Waals surface area contributed by atoms with Gasteiger partial charge in [0.1, 0.15) is 12.3 Å². The van der Waals surface area contributed by atoms with Gasteiger partial charge in [0.15, 0.2) is 17.5 Å². The third kappa shape index (κ3) is 6.63. The van der Waals surface area contributed by atoms with Crippen LogP contribution in [0, 0.1) is 0 Å². The van der Waals surface area contributed by atoms with Crippen LogP contribution in [0.25, 0.3) is 0 Å². The van der Waals surface area contributed by atoms with E-state index in [1.807, 2.05) is 31.2 Å². The van der Waals surface area contributed by atoms with E-state index in [1.54, 1.807) is 12.3 Å². The van der Waals surface area contributed by atoms with Gasteiger partial charge in [0, 0.05) is 13.1 Å². The second-order valence-corrected chi connectivity index (χ2v) is 5.92. The first-order valence-corrected chi connectivity index (χ1v) is 8.94. The lowest BCUT2D eigenvalue weighted by atomic mass is 10.1. The summed E-state index contributed by atoms with van der Waals surface area (Å²) in [6, 6.07) is 9.51. The Balaban J connectivity index is 0.00000280. The van der Waals surface area contributed by atoms with E-state index < -0.39 is 0 Å². The normalized spacial score (nSPS) is 12.2. The Labute approximate surface area is 181 Å². The van der Waals surface area contributed by atoms with Crippen LogP contribution in [0.3, 0.4) is 0 Å². The van der Waals surface area contributed by atoms with Gasteiger partial charge in [-0.1, -0.05) is 6.07 Å². The number of amides is 1. The first kappa shape index (κ1) is 21.9. The molecule has 1 amide bonds. The fraction of sp³-hybridized carbons (Fsp3) is 0.368. The van der Waals surface area contributed by atoms with Gasteiger partial charge in [-0.3, -0.25) is 4.79 Å². The van der Waals surface area contributed by atoms with Crippen molar-refractivity contribution in [3.8, 4) is 11.5 Å². The molecule has 0 atom stereocenters. The third-order valence-electron chi connectivity index (χ3n) is 3.91. The molecule has 8 nitrogen and oxygen atoms in total. The van der Waals surface area contributed by atoms with E-state index in [0.717, 1.165) is 23.5 Å². The van der Waals surface area contributed by atoms with E-state index >= 15 is 0 Å². The van der Waals surface area contributed by atoms with E-state index in [1.165, 1.54) is 0 Å². The smallest absolute Gasteiger partial charge is 0.242 e. The number of benzene rings is 1. The molecule has 3 N–H and O–H groups in total. The predicted molar refractivity (Wildman–Crippen MR) is 116 cm³/mol. The molecule has 1 aromatic heterocycles. The van der Waals surface area contributed by atoms with Crippen molar-refractivity contribution >= 4 is 35.8 Å². The van der Waals surface area contributed by atoms with Crippen molar-refractivity contribution in [3.63, 3.8) is 0 Å².